The number of benzene rings is 2. The zero-order chi connectivity index (χ0) is 14.0. The highest BCUT2D eigenvalue weighted by atomic mass is 79.9. The summed E-state index contributed by atoms with van der Waals surface area (Å²) in [6.07, 6.45) is -0.620. The van der Waals surface area contributed by atoms with Crippen LogP contribution in [0.3, 0.4) is 0 Å². The van der Waals surface area contributed by atoms with Gasteiger partial charge >= 0.3 is 0 Å². The first-order valence-electron chi connectivity index (χ1n) is 5.86. The number of hydrogen-bond donors (Lipinski definition) is 1. The normalized spacial score (nSPS) is 12.5. The van der Waals surface area contributed by atoms with Crippen molar-refractivity contribution in [3.63, 3.8) is 0 Å². The summed E-state index contributed by atoms with van der Waals surface area (Å²) in [4.78, 5) is 0. The zero-order valence-electron chi connectivity index (χ0n) is 10.3. The summed E-state index contributed by atoms with van der Waals surface area (Å²) < 4.78 is 14.8. The summed E-state index contributed by atoms with van der Waals surface area (Å²) >= 11 is 9.42. The van der Waals surface area contributed by atoms with E-state index in [0.29, 0.717) is 16.1 Å². The fourth-order valence-electron chi connectivity index (χ4n) is 1.93. The van der Waals surface area contributed by atoms with Gasteiger partial charge in [0.2, 0.25) is 0 Å². The van der Waals surface area contributed by atoms with E-state index in [1.807, 2.05) is 12.1 Å². The van der Waals surface area contributed by atoms with Crippen LogP contribution < -0.4 is 0 Å². The summed E-state index contributed by atoms with van der Waals surface area (Å²) in [7, 11) is 0. The number of aryl methyl sites for hydroxylation is 1. The molecule has 1 unspecified atom stereocenters. The predicted molar refractivity (Wildman–Crippen MR) is 79.0 cm³/mol. The summed E-state index contributed by atoms with van der Waals surface area (Å²) in [5.74, 6) is -0.358. The molecule has 0 fully saturated rings. The summed E-state index contributed by atoms with van der Waals surface area (Å²) in [6, 6.07) is 10.4. The highest BCUT2D eigenvalue weighted by Crippen LogP contribution is 2.28. The first-order chi connectivity index (χ1) is 8.99. The average molecular weight is 344 g/mol. The molecule has 0 aromatic heterocycles. The second kappa shape index (κ2) is 6.04. The van der Waals surface area contributed by atoms with Crippen LogP contribution in [-0.4, -0.2) is 5.11 Å². The Balaban J connectivity index is 2.25. The standard InChI is InChI=1S/C15H13BrClFO/c1-9-3-2-4-12(15(9)18)14(19)7-10-5-6-11(16)8-13(10)17/h2-6,8,14,19H,7H2,1H3. The van der Waals surface area contributed by atoms with Crippen molar-refractivity contribution in [1.82, 2.24) is 0 Å². The molecule has 2 aromatic carbocycles. The van der Waals surface area contributed by atoms with Crippen molar-refractivity contribution in [1.29, 1.82) is 0 Å². The average Bonchev–Trinajstić information content (AvgIpc) is 2.36. The minimum absolute atomic E-state index is 0.284. The molecule has 100 valence electrons. The molecule has 0 heterocycles. The van der Waals surface area contributed by atoms with Crippen molar-refractivity contribution >= 4 is 27.5 Å². The van der Waals surface area contributed by atoms with Crippen molar-refractivity contribution in [2.24, 2.45) is 0 Å². The zero-order valence-corrected chi connectivity index (χ0v) is 12.7. The number of aliphatic hydroxyl groups excluding tert-OH is 1. The Labute approximate surface area is 125 Å². The highest BCUT2D eigenvalue weighted by Gasteiger charge is 2.16. The molecular formula is C15H13BrClFO. The lowest BCUT2D eigenvalue weighted by Gasteiger charge is -2.14. The van der Waals surface area contributed by atoms with Gasteiger partial charge in [0.25, 0.3) is 0 Å². The Morgan fingerprint density at radius 3 is 2.74 bits per heavy atom. The van der Waals surface area contributed by atoms with Gasteiger partial charge in [-0.2, -0.15) is 0 Å². The van der Waals surface area contributed by atoms with E-state index in [-0.39, 0.29) is 12.2 Å². The van der Waals surface area contributed by atoms with E-state index in [1.54, 1.807) is 31.2 Å². The number of rotatable bonds is 3. The van der Waals surface area contributed by atoms with Gasteiger partial charge in [0.1, 0.15) is 5.82 Å². The van der Waals surface area contributed by atoms with Crippen molar-refractivity contribution in [3.05, 3.63) is 68.4 Å². The van der Waals surface area contributed by atoms with Gasteiger partial charge in [0.15, 0.2) is 0 Å². The van der Waals surface area contributed by atoms with Crippen LogP contribution in [0, 0.1) is 12.7 Å². The van der Waals surface area contributed by atoms with Gasteiger partial charge in [-0.05, 0) is 30.2 Å². The van der Waals surface area contributed by atoms with E-state index in [9.17, 15) is 9.50 Å². The topological polar surface area (TPSA) is 20.2 Å². The van der Waals surface area contributed by atoms with Crippen LogP contribution >= 0.6 is 27.5 Å². The first kappa shape index (κ1) is 14.5. The van der Waals surface area contributed by atoms with Gasteiger partial charge in [-0.15, -0.1) is 0 Å². The third-order valence-electron chi connectivity index (χ3n) is 3.01. The number of aliphatic hydroxyl groups is 1. The molecule has 0 amide bonds. The van der Waals surface area contributed by atoms with Crippen molar-refractivity contribution in [3.8, 4) is 0 Å². The molecule has 1 nitrogen and oxygen atoms in total. The molecule has 0 saturated carbocycles. The first-order valence-corrected chi connectivity index (χ1v) is 7.03. The molecule has 0 saturated heterocycles. The van der Waals surface area contributed by atoms with Gasteiger partial charge in [-0.25, -0.2) is 4.39 Å². The van der Waals surface area contributed by atoms with E-state index in [2.05, 4.69) is 15.9 Å². The molecule has 1 atom stereocenters. The molecule has 0 bridgehead atoms. The molecular weight excluding hydrogens is 331 g/mol. The molecule has 2 rings (SSSR count). The molecule has 4 heteroatoms. The predicted octanol–water partition coefficient (Wildman–Crippen LogP) is 4.83. The maximum absolute atomic E-state index is 13.9. The molecule has 1 N–H and O–H groups in total. The van der Waals surface area contributed by atoms with Crippen molar-refractivity contribution in [2.75, 3.05) is 0 Å². The minimum atomic E-state index is -0.904. The molecule has 2 aromatic rings. The summed E-state index contributed by atoms with van der Waals surface area (Å²) in [5, 5.41) is 10.7. The van der Waals surface area contributed by atoms with Crippen LogP contribution in [0.2, 0.25) is 5.02 Å². The monoisotopic (exact) mass is 342 g/mol. The quantitative estimate of drug-likeness (QED) is 0.846. The van der Waals surface area contributed by atoms with Crippen LogP contribution in [-0.2, 0) is 6.42 Å². The van der Waals surface area contributed by atoms with Gasteiger partial charge in [-0.1, -0.05) is 51.8 Å². The van der Waals surface area contributed by atoms with Gasteiger partial charge in [-0.3, -0.25) is 0 Å². The van der Waals surface area contributed by atoms with Gasteiger partial charge < -0.3 is 5.11 Å². The molecule has 0 aliphatic carbocycles. The van der Waals surface area contributed by atoms with Gasteiger partial charge in [0, 0.05) is 21.5 Å². The fourth-order valence-corrected chi connectivity index (χ4v) is 2.68. The summed E-state index contributed by atoms with van der Waals surface area (Å²) in [6.45, 7) is 1.68. The molecule has 0 radical (unpaired) electrons. The Hall–Kier alpha value is -0.900. The second-order valence-corrected chi connectivity index (χ2v) is 5.76. The van der Waals surface area contributed by atoms with Crippen molar-refractivity contribution < 1.29 is 9.50 Å². The van der Waals surface area contributed by atoms with E-state index < -0.39 is 6.10 Å². The molecule has 0 aliphatic rings. The lowest BCUT2D eigenvalue weighted by atomic mass is 9.99. The van der Waals surface area contributed by atoms with E-state index in [1.165, 1.54) is 0 Å². The third-order valence-corrected chi connectivity index (χ3v) is 3.85. The second-order valence-electron chi connectivity index (χ2n) is 4.43. The summed E-state index contributed by atoms with van der Waals surface area (Å²) in [5.41, 5.74) is 1.62. The van der Waals surface area contributed by atoms with E-state index >= 15 is 0 Å². The largest absolute Gasteiger partial charge is 0.388 e. The van der Waals surface area contributed by atoms with Crippen LogP contribution in [0.5, 0.6) is 0 Å². The van der Waals surface area contributed by atoms with Crippen LogP contribution in [0.4, 0.5) is 4.39 Å². The van der Waals surface area contributed by atoms with Crippen LogP contribution in [0.15, 0.2) is 40.9 Å². The maximum atomic E-state index is 13.9. The number of hydrogen-bond acceptors (Lipinski definition) is 1. The Morgan fingerprint density at radius 1 is 1.32 bits per heavy atom. The lowest BCUT2D eigenvalue weighted by molar-refractivity contribution is 0.173. The SMILES string of the molecule is Cc1cccc(C(O)Cc2ccc(Br)cc2Cl)c1F. The fraction of sp³-hybridized carbons (Fsp3) is 0.200. The Morgan fingerprint density at radius 2 is 2.05 bits per heavy atom. The Bertz CT molecular complexity index is 601. The Kier molecular flexibility index (Phi) is 4.61. The van der Waals surface area contributed by atoms with Crippen LogP contribution in [0.1, 0.15) is 22.8 Å². The molecule has 0 spiro atoms. The minimum Gasteiger partial charge on any atom is -0.388 e. The van der Waals surface area contributed by atoms with Crippen LogP contribution in [0.25, 0.3) is 0 Å². The number of halogens is 3. The van der Waals surface area contributed by atoms with Gasteiger partial charge in [0.05, 0.1) is 6.10 Å². The lowest BCUT2D eigenvalue weighted by Crippen LogP contribution is -2.05. The smallest absolute Gasteiger partial charge is 0.131 e. The van der Waals surface area contributed by atoms with Crippen molar-refractivity contribution in [2.45, 2.75) is 19.4 Å². The molecule has 0 aliphatic heterocycles. The highest BCUT2D eigenvalue weighted by molar-refractivity contribution is 9.10. The van der Waals surface area contributed by atoms with E-state index in [4.69, 9.17) is 11.6 Å². The maximum Gasteiger partial charge on any atom is 0.131 e. The third kappa shape index (κ3) is 3.35. The molecule has 19 heavy (non-hydrogen) atoms. The van der Waals surface area contributed by atoms with E-state index in [0.717, 1.165) is 10.0 Å².